The number of nitrogens with one attached hydrogen (secondary N) is 1. The van der Waals surface area contributed by atoms with E-state index in [-0.39, 0.29) is 29.5 Å². The normalized spacial score (nSPS) is 10.0. The number of nitro groups is 1. The molecule has 114 valence electrons. The Hall–Kier alpha value is -2.44. The molecular formula is C14H19N3O4. The molecule has 0 saturated heterocycles. The van der Waals surface area contributed by atoms with Crippen LogP contribution >= 0.6 is 0 Å². The average Bonchev–Trinajstić information content (AvgIpc) is 2.44. The second-order valence-corrected chi connectivity index (χ2v) is 4.72. The minimum atomic E-state index is -0.553. The molecule has 0 saturated carbocycles. The molecule has 0 atom stereocenters. The largest absolute Gasteiger partial charge is 0.360 e. The lowest BCUT2D eigenvalue weighted by atomic mass is 10.1. The molecule has 0 spiro atoms. The summed E-state index contributed by atoms with van der Waals surface area (Å²) in [5, 5.41) is 13.8. The minimum absolute atomic E-state index is 0.0141. The van der Waals surface area contributed by atoms with Gasteiger partial charge in [0.2, 0.25) is 5.91 Å². The fraction of sp³-hybridized carbons (Fsp3) is 0.429. The second kappa shape index (κ2) is 7.37. The summed E-state index contributed by atoms with van der Waals surface area (Å²) < 4.78 is 0. The molecule has 0 aliphatic rings. The fourth-order valence-electron chi connectivity index (χ4n) is 1.83. The Morgan fingerprint density at radius 3 is 2.57 bits per heavy atom. The van der Waals surface area contributed by atoms with Crippen LogP contribution in [0.2, 0.25) is 0 Å². The van der Waals surface area contributed by atoms with Crippen LogP contribution in [0, 0.1) is 10.1 Å². The first-order chi connectivity index (χ1) is 9.86. The molecule has 1 rings (SSSR count). The number of hydrogen-bond acceptors (Lipinski definition) is 5. The minimum Gasteiger partial charge on any atom is -0.360 e. The van der Waals surface area contributed by atoms with Gasteiger partial charge < -0.3 is 10.2 Å². The highest BCUT2D eigenvalue weighted by Crippen LogP contribution is 2.28. The molecule has 21 heavy (non-hydrogen) atoms. The zero-order valence-electron chi connectivity index (χ0n) is 12.4. The molecule has 7 nitrogen and oxygen atoms in total. The summed E-state index contributed by atoms with van der Waals surface area (Å²) in [7, 11) is 1.60. The van der Waals surface area contributed by atoms with Crippen LogP contribution in [-0.2, 0) is 4.79 Å². The van der Waals surface area contributed by atoms with Crippen molar-refractivity contribution in [1.82, 2.24) is 5.32 Å². The van der Waals surface area contributed by atoms with Crippen molar-refractivity contribution in [2.24, 2.45) is 0 Å². The van der Waals surface area contributed by atoms with Gasteiger partial charge in [-0.05, 0) is 25.5 Å². The van der Waals surface area contributed by atoms with E-state index in [4.69, 9.17) is 0 Å². The second-order valence-electron chi connectivity index (χ2n) is 4.72. The van der Waals surface area contributed by atoms with E-state index in [9.17, 15) is 19.7 Å². The van der Waals surface area contributed by atoms with Crippen LogP contribution < -0.4 is 10.2 Å². The standard InChI is InChI=1S/C14H19N3O4/c1-4-7-15-14(19)9-16(3)12-6-5-11(10(2)18)8-13(12)17(20)21/h5-6,8H,4,7,9H2,1-3H3,(H,15,19). The Morgan fingerprint density at radius 1 is 1.38 bits per heavy atom. The van der Waals surface area contributed by atoms with Crippen LogP contribution in [0.15, 0.2) is 18.2 Å². The maximum absolute atomic E-state index is 11.7. The lowest BCUT2D eigenvalue weighted by Gasteiger charge is -2.18. The fourth-order valence-corrected chi connectivity index (χ4v) is 1.83. The summed E-state index contributed by atoms with van der Waals surface area (Å²) in [6, 6.07) is 4.24. The number of amides is 1. The Bertz CT molecular complexity index is 557. The molecule has 1 amide bonds. The average molecular weight is 293 g/mol. The van der Waals surface area contributed by atoms with Gasteiger partial charge in [-0.25, -0.2) is 0 Å². The number of rotatable bonds is 7. The van der Waals surface area contributed by atoms with Crippen molar-refractivity contribution in [3.8, 4) is 0 Å². The van der Waals surface area contributed by atoms with Crippen molar-refractivity contribution in [2.45, 2.75) is 20.3 Å². The molecule has 0 heterocycles. The van der Waals surface area contributed by atoms with Crippen molar-refractivity contribution in [3.63, 3.8) is 0 Å². The molecule has 0 aliphatic heterocycles. The first-order valence-corrected chi connectivity index (χ1v) is 6.64. The third kappa shape index (κ3) is 4.55. The number of Topliss-reactive ketones (excluding diaryl/α,β-unsaturated/α-hetero) is 1. The summed E-state index contributed by atoms with van der Waals surface area (Å²) in [5.74, 6) is -0.447. The SMILES string of the molecule is CCCNC(=O)CN(C)c1ccc(C(C)=O)cc1[N+](=O)[O-]. The Labute approximate surface area is 123 Å². The number of hydrogen-bond donors (Lipinski definition) is 1. The van der Waals surface area contributed by atoms with Gasteiger partial charge in [0.25, 0.3) is 5.69 Å². The molecule has 0 bridgehead atoms. The van der Waals surface area contributed by atoms with Crippen LogP contribution in [0.5, 0.6) is 0 Å². The number of anilines is 1. The van der Waals surface area contributed by atoms with Crippen molar-refractivity contribution in [1.29, 1.82) is 0 Å². The van der Waals surface area contributed by atoms with Gasteiger partial charge in [-0.1, -0.05) is 6.92 Å². The monoisotopic (exact) mass is 293 g/mol. The van der Waals surface area contributed by atoms with Crippen LogP contribution in [0.3, 0.4) is 0 Å². The van der Waals surface area contributed by atoms with Crippen molar-refractivity contribution < 1.29 is 14.5 Å². The number of carbonyl (C=O) groups is 2. The van der Waals surface area contributed by atoms with Gasteiger partial charge in [0, 0.05) is 25.2 Å². The molecule has 1 aromatic carbocycles. The summed E-state index contributed by atoms with van der Waals surface area (Å²) in [6.07, 6.45) is 0.822. The number of nitrogens with zero attached hydrogens (tertiary/aromatic N) is 2. The predicted octanol–water partition coefficient (Wildman–Crippen LogP) is 1.76. The van der Waals surface area contributed by atoms with Gasteiger partial charge in [0.1, 0.15) is 5.69 Å². The molecule has 0 aliphatic carbocycles. The molecule has 7 heteroatoms. The van der Waals surface area contributed by atoms with E-state index in [1.54, 1.807) is 7.05 Å². The van der Waals surface area contributed by atoms with E-state index in [0.29, 0.717) is 12.2 Å². The molecule has 0 fully saturated rings. The summed E-state index contributed by atoms with van der Waals surface area (Å²) in [4.78, 5) is 35.0. The van der Waals surface area contributed by atoms with Gasteiger partial charge >= 0.3 is 0 Å². The van der Waals surface area contributed by atoms with Gasteiger partial charge in [-0.3, -0.25) is 19.7 Å². The maximum Gasteiger partial charge on any atom is 0.293 e. The van der Waals surface area contributed by atoms with Gasteiger partial charge in [0.15, 0.2) is 5.78 Å². The Morgan fingerprint density at radius 2 is 2.05 bits per heavy atom. The highest BCUT2D eigenvalue weighted by molar-refractivity contribution is 5.95. The zero-order chi connectivity index (χ0) is 16.0. The maximum atomic E-state index is 11.7. The van der Waals surface area contributed by atoms with Crippen LogP contribution in [0.25, 0.3) is 0 Å². The molecule has 0 aromatic heterocycles. The summed E-state index contributed by atoms with van der Waals surface area (Å²) in [5.41, 5.74) is 0.388. The predicted molar refractivity (Wildman–Crippen MR) is 79.7 cm³/mol. The first-order valence-electron chi connectivity index (χ1n) is 6.64. The lowest BCUT2D eigenvalue weighted by Crippen LogP contribution is -2.35. The third-order valence-electron chi connectivity index (χ3n) is 2.94. The summed E-state index contributed by atoms with van der Waals surface area (Å²) in [6.45, 7) is 3.87. The van der Waals surface area contributed by atoms with Gasteiger partial charge in [-0.2, -0.15) is 0 Å². The van der Waals surface area contributed by atoms with E-state index >= 15 is 0 Å². The molecular weight excluding hydrogens is 274 g/mol. The topological polar surface area (TPSA) is 92.6 Å². The van der Waals surface area contributed by atoms with Gasteiger partial charge in [-0.15, -0.1) is 0 Å². The van der Waals surface area contributed by atoms with Crippen LogP contribution in [-0.4, -0.2) is 36.8 Å². The quantitative estimate of drug-likeness (QED) is 0.470. The number of likely N-dealkylation sites (N-methyl/N-ethyl adjacent to an activating group) is 1. The molecule has 1 N–H and O–H groups in total. The van der Waals surface area contributed by atoms with Crippen LogP contribution in [0.4, 0.5) is 11.4 Å². The molecule has 0 radical (unpaired) electrons. The van der Waals surface area contributed by atoms with Crippen LogP contribution in [0.1, 0.15) is 30.6 Å². The first kappa shape index (κ1) is 16.6. The van der Waals surface area contributed by atoms with E-state index in [1.165, 1.54) is 30.0 Å². The number of ketones is 1. The van der Waals surface area contributed by atoms with E-state index < -0.39 is 4.92 Å². The zero-order valence-corrected chi connectivity index (χ0v) is 12.4. The van der Waals surface area contributed by atoms with E-state index in [2.05, 4.69) is 5.32 Å². The number of benzene rings is 1. The lowest BCUT2D eigenvalue weighted by molar-refractivity contribution is -0.384. The highest BCUT2D eigenvalue weighted by atomic mass is 16.6. The smallest absolute Gasteiger partial charge is 0.293 e. The number of carbonyl (C=O) groups excluding carboxylic acids is 2. The number of nitro benzene ring substituents is 1. The Balaban J connectivity index is 2.98. The van der Waals surface area contributed by atoms with Crippen molar-refractivity contribution >= 4 is 23.1 Å². The summed E-state index contributed by atoms with van der Waals surface area (Å²) >= 11 is 0. The highest BCUT2D eigenvalue weighted by Gasteiger charge is 2.20. The van der Waals surface area contributed by atoms with Crippen molar-refractivity contribution in [3.05, 3.63) is 33.9 Å². The van der Waals surface area contributed by atoms with Gasteiger partial charge in [0.05, 0.1) is 11.5 Å². The van der Waals surface area contributed by atoms with E-state index in [0.717, 1.165) is 6.42 Å². The van der Waals surface area contributed by atoms with E-state index in [1.807, 2.05) is 6.92 Å². The third-order valence-corrected chi connectivity index (χ3v) is 2.94. The van der Waals surface area contributed by atoms with Crippen molar-refractivity contribution in [2.75, 3.05) is 25.0 Å². The Kier molecular flexibility index (Phi) is 5.83. The molecule has 0 unspecified atom stereocenters. The molecule has 1 aromatic rings.